The van der Waals surface area contributed by atoms with E-state index in [4.69, 9.17) is 11.6 Å². The van der Waals surface area contributed by atoms with E-state index in [1.165, 1.54) is 12.8 Å². The molecule has 1 aromatic carbocycles. The molecular weight excluding hydrogens is 296 g/mol. The summed E-state index contributed by atoms with van der Waals surface area (Å²) in [6, 6.07) is 7.57. The molecule has 0 radical (unpaired) electrons. The van der Waals surface area contributed by atoms with Crippen LogP contribution in [0.25, 0.3) is 0 Å². The molecule has 2 fully saturated rings. The second kappa shape index (κ2) is 5.64. The highest BCUT2D eigenvalue weighted by Gasteiger charge is 2.34. The topological polar surface area (TPSA) is 40.6 Å². The van der Waals surface area contributed by atoms with Gasteiger partial charge in [0.2, 0.25) is 10.0 Å². The van der Waals surface area contributed by atoms with Gasteiger partial charge in [-0.15, -0.1) is 11.6 Å². The summed E-state index contributed by atoms with van der Waals surface area (Å²) in [5, 5.41) is 0. The molecule has 1 aliphatic carbocycles. The fourth-order valence-electron chi connectivity index (χ4n) is 2.65. The minimum Gasteiger partial charge on any atom is -0.298 e. The molecule has 4 nitrogen and oxygen atoms in total. The van der Waals surface area contributed by atoms with Crippen molar-refractivity contribution in [2.24, 2.45) is 0 Å². The van der Waals surface area contributed by atoms with Gasteiger partial charge in [0, 0.05) is 38.1 Å². The number of benzene rings is 1. The third-order valence-corrected chi connectivity index (χ3v) is 6.27. The summed E-state index contributed by atoms with van der Waals surface area (Å²) in [6.07, 6.45) is 2.54. The summed E-state index contributed by atoms with van der Waals surface area (Å²) in [7, 11) is -3.35. The van der Waals surface area contributed by atoms with Crippen LogP contribution in [0, 0.1) is 0 Å². The van der Waals surface area contributed by atoms with Crippen molar-refractivity contribution in [3.05, 3.63) is 29.8 Å². The first-order chi connectivity index (χ1) is 9.61. The van der Waals surface area contributed by atoms with Crippen LogP contribution in [-0.4, -0.2) is 49.8 Å². The lowest BCUT2D eigenvalue weighted by atomic mass is 10.2. The van der Waals surface area contributed by atoms with Gasteiger partial charge >= 0.3 is 0 Å². The van der Waals surface area contributed by atoms with Gasteiger partial charge in [0.25, 0.3) is 0 Å². The van der Waals surface area contributed by atoms with E-state index in [1.807, 2.05) is 0 Å². The van der Waals surface area contributed by atoms with Crippen molar-refractivity contribution in [1.29, 1.82) is 0 Å². The van der Waals surface area contributed by atoms with Crippen LogP contribution >= 0.6 is 11.6 Å². The fraction of sp³-hybridized carbons (Fsp3) is 0.571. The Hall–Kier alpha value is -0.620. The normalized spacial score (nSPS) is 22.1. The highest BCUT2D eigenvalue weighted by molar-refractivity contribution is 7.89. The van der Waals surface area contributed by atoms with Crippen LogP contribution in [-0.2, 0) is 15.9 Å². The van der Waals surface area contributed by atoms with Gasteiger partial charge in [-0.3, -0.25) is 4.90 Å². The lowest BCUT2D eigenvalue weighted by Crippen LogP contribution is -2.49. The molecule has 3 rings (SSSR count). The second-order valence-electron chi connectivity index (χ2n) is 5.45. The van der Waals surface area contributed by atoms with Crippen molar-refractivity contribution in [2.75, 3.05) is 26.2 Å². The molecule has 20 heavy (non-hydrogen) atoms. The summed E-state index contributed by atoms with van der Waals surface area (Å²) in [5.74, 6) is 0.403. The molecule has 2 aliphatic rings. The summed E-state index contributed by atoms with van der Waals surface area (Å²) < 4.78 is 26.7. The second-order valence-corrected chi connectivity index (χ2v) is 7.65. The Labute approximate surface area is 125 Å². The number of sulfonamides is 1. The molecule has 1 aromatic rings. The highest BCUT2D eigenvalue weighted by atomic mass is 35.5. The van der Waals surface area contributed by atoms with Gasteiger partial charge in [-0.2, -0.15) is 4.31 Å². The predicted molar refractivity (Wildman–Crippen MR) is 79.4 cm³/mol. The maximum atomic E-state index is 12.6. The first-order valence-corrected chi connectivity index (χ1v) is 8.98. The number of nitrogens with zero attached hydrogens (tertiary/aromatic N) is 2. The smallest absolute Gasteiger partial charge is 0.243 e. The molecule has 0 amide bonds. The average molecular weight is 315 g/mol. The van der Waals surface area contributed by atoms with Crippen molar-refractivity contribution in [2.45, 2.75) is 29.7 Å². The van der Waals surface area contributed by atoms with Crippen molar-refractivity contribution >= 4 is 21.6 Å². The van der Waals surface area contributed by atoms with E-state index in [0.29, 0.717) is 29.9 Å². The Morgan fingerprint density at radius 1 is 1.05 bits per heavy atom. The molecule has 6 heteroatoms. The van der Waals surface area contributed by atoms with Crippen molar-refractivity contribution in [1.82, 2.24) is 9.21 Å². The van der Waals surface area contributed by atoms with Crippen LogP contribution in [0.4, 0.5) is 0 Å². The molecule has 0 aromatic heterocycles. The molecule has 0 N–H and O–H groups in total. The van der Waals surface area contributed by atoms with Crippen LogP contribution in [0.2, 0.25) is 0 Å². The number of hydrogen-bond donors (Lipinski definition) is 0. The van der Waals surface area contributed by atoms with E-state index in [1.54, 1.807) is 28.6 Å². The number of alkyl halides is 1. The van der Waals surface area contributed by atoms with E-state index in [2.05, 4.69) is 4.90 Å². The van der Waals surface area contributed by atoms with Gasteiger partial charge in [-0.05, 0) is 30.5 Å². The molecule has 0 bridgehead atoms. The van der Waals surface area contributed by atoms with Crippen LogP contribution in [0.15, 0.2) is 29.2 Å². The number of halogens is 1. The van der Waals surface area contributed by atoms with Gasteiger partial charge in [-0.25, -0.2) is 8.42 Å². The van der Waals surface area contributed by atoms with E-state index in [-0.39, 0.29) is 0 Å². The Bertz CT molecular complexity index is 561. The minimum atomic E-state index is -3.35. The molecule has 0 spiro atoms. The zero-order valence-electron chi connectivity index (χ0n) is 11.3. The molecule has 1 aliphatic heterocycles. The summed E-state index contributed by atoms with van der Waals surface area (Å²) in [4.78, 5) is 2.77. The van der Waals surface area contributed by atoms with Gasteiger partial charge in [-0.1, -0.05) is 12.1 Å². The molecule has 1 saturated heterocycles. The Morgan fingerprint density at radius 2 is 1.65 bits per heavy atom. The van der Waals surface area contributed by atoms with E-state index < -0.39 is 10.0 Å². The van der Waals surface area contributed by atoms with Gasteiger partial charge in [0.05, 0.1) is 4.90 Å². The van der Waals surface area contributed by atoms with Gasteiger partial charge in [0.1, 0.15) is 0 Å². The first-order valence-electron chi connectivity index (χ1n) is 7.00. The van der Waals surface area contributed by atoms with E-state index >= 15 is 0 Å². The summed E-state index contributed by atoms with van der Waals surface area (Å²) in [5.41, 5.74) is 0.934. The minimum absolute atomic E-state index is 0.367. The first kappa shape index (κ1) is 14.3. The summed E-state index contributed by atoms with van der Waals surface area (Å²) >= 11 is 5.73. The fourth-order valence-corrected chi connectivity index (χ4v) is 4.25. The third kappa shape index (κ3) is 2.86. The Morgan fingerprint density at radius 3 is 2.15 bits per heavy atom. The van der Waals surface area contributed by atoms with Crippen molar-refractivity contribution in [3.63, 3.8) is 0 Å². The standard InChI is InChI=1S/C14H19ClN2O2S/c15-11-12-1-5-14(6-2-12)20(18,19)17-9-7-16(8-10-17)13-3-4-13/h1-2,5-6,13H,3-4,7-11H2. The van der Waals surface area contributed by atoms with Crippen molar-refractivity contribution < 1.29 is 8.42 Å². The van der Waals surface area contributed by atoms with Crippen LogP contribution < -0.4 is 0 Å². The predicted octanol–water partition coefficient (Wildman–Crippen LogP) is 1.89. The SMILES string of the molecule is O=S(=O)(c1ccc(CCl)cc1)N1CCN(C2CC2)CC1. The molecule has 1 saturated carbocycles. The zero-order valence-corrected chi connectivity index (χ0v) is 12.9. The number of hydrogen-bond acceptors (Lipinski definition) is 3. The average Bonchev–Trinajstić information content (AvgIpc) is 3.32. The van der Waals surface area contributed by atoms with E-state index in [0.717, 1.165) is 18.7 Å². The van der Waals surface area contributed by atoms with Crippen LogP contribution in [0.3, 0.4) is 0 Å². The summed E-state index contributed by atoms with van der Waals surface area (Å²) in [6.45, 7) is 2.89. The Kier molecular flexibility index (Phi) is 4.04. The highest BCUT2D eigenvalue weighted by Crippen LogP contribution is 2.28. The molecule has 1 heterocycles. The number of rotatable bonds is 4. The number of piperazine rings is 1. The van der Waals surface area contributed by atoms with Crippen LogP contribution in [0.1, 0.15) is 18.4 Å². The van der Waals surface area contributed by atoms with E-state index in [9.17, 15) is 8.42 Å². The van der Waals surface area contributed by atoms with Gasteiger partial charge in [0.15, 0.2) is 0 Å². The lowest BCUT2D eigenvalue weighted by Gasteiger charge is -2.34. The lowest BCUT2D eigenvalue weighted by molar-refractivity contribution is 0.180. The largest absolute Gasteiger partial charge is 0.298 e. The third-order valence-electron chi connectivity index (χ3n) is 4.05. The molecular formula is C14H19ClN2O2S. The quantitative estimate of drug-likeness (QED) is 0.797. The van der Waals surface area contributed by atoms with Gasteiger partial charge < -0.3 is 0 Å². The molecule has 0 unspecified atom stereocenters. The Balaban J connectivity index is 1.71. The monoisotopic (exact) mass is 314 g/mol. The maximum absolute atomic E-state index is 12.6. The van der Waals surface area contributed by atoms with Crippen LogP contribution in [0.5, 0.6) is 0 Å². The van der Waals surface area contributed by atoms with Crippen molar-refractivity contribution in [3.8, 4) is 0 Å². The molecule has 0 atom stereocenters. The zero-order chi connectivity index (χ0) is 14.2. The maximum Gasteiger partial charge on any atom is 0.243 e. The molecule has 110 valence electrons.